The van der Waals surface area contributed by atoms with Crippen molar-refractivity contribution in [1.29, 1.82) is 0 Å². The van der Waals surface area contributed by atoms with Crippen LogP contribution in [0.1, 0.15) is 37.0 Å². The summed E-state index contributed by atoms with van der Waals surface area (Å²) in [5, 5.41) is 16.5. The number of rotatable bonds is 5. The number of aliphatic hydroxyl groups excluding tert-OH is 1. The zero-order valence-corrected chi connectivity index (χ0v) is 11.4. The highest BCUT2D eigenvalue weighted by atomic mass is 16.3. The molecule has 1 amide bonds. The molecule has 6 nitrogen and oxygen atoms in total. The predicted molar refractivity (Wildman–Crippen MR) is 70.2 cm³/mol. The molecule has 1 aromatic heterocycles. The van der Waals surface area contributed by atoms with Crippen molar-refractivity contribution in [2.24, 2.45) is 5.92 Å². The quantitative estimate of drug-likeness (QED) is 0.715. The number of aliphatic hydroxyl groups is 1. The third-order valence-corrected chi connectivity index (χ3v) is 2.93. The van der Waals surface area contributed by atoms with Gasteiger partial charge in [-0.15, -0.1) is 0 Å². The van der Waals surface area contributed by atoms with Crippen LogP contribution in [0.15, 0.2) is 0 Å². The van der Waals surface area contributed by atoms with Crippen molar-refractivity contribution in [3.63, 3.8) is 0 Å². The molecule has 0 spiro atoms. The third-order valence-electron chi connectivity index (χ3n) is 2.93. The van der Waals surface area contributed by atoms with Gasteiger partial charge >= 0.3 is 0 Å². The van der Waals surface area contributed by atoms with Gasteiger partial charge in [0.25, 0.3) is 5.91 Å². The van der Waals surface area contributed by atoms with Crippen molar-refractivity contribution >= 4 is 11.6 Å². The second kappa shape index (κ2) is 5.86. The van der Waals surface area contributed by atoms with Crippen LogP contribution in [0, 0.1) is 12.8 Å². The lowest BCUT2D eigenvalue weighted by atomic mass is 10.1. The number of nitrogen functional groups attached to an aromatic ring is 1. The molecule has 1 unspecified atom stereocenters. The van der Waals surface area contributed by atoms with Crippen molar-refractivity contribution in [3.05, 3.63) is 11.4 Å². The minimum atomic E-state index is -0.561. The number of anilines is 1. The molecular weight excluding hydrogens is 232 g/mol. The molecule has 0 saturated heterocycles. The van der Waals surface area contributed by atoms with E-state index in [-0.39, 0.29) is 18.4 Å². The molecule has 0 aliphatic rings. The Labute approximate surface area is 107 Å². The summed E-state index contributed by atoms with van der Waals surface area (Å²) in [6.07, 6.45) is -0.561. The molecular formula is C12H22N4O2. The van der Waals surface area contributed by atoms with E-state index in [1.807, 2.05) is 20.8 Å². The SMILES string of the molecule is CCn1nc(C)c(N)c1C(=O)NCC(O)C(C)C. The first-order valence-corrected chi connectivity index (χ1v) is 6.17. The van der Waals surface area contributed by atoms with Crippen LogP contribution in [0.5, 0.6) is 0 Å². The van der Waals surface area contributed by atoms with Gasteiger partial charge in [0.15, 0.2) is 0 Å². The summed E-state index contributed by atoms with van der Waals surface area (Å²) in [7, 11) is 0. The summed E-state index contributed by atoms with van der Waals surface area (Å²) in [6.45, 7) is 8.24. The molecule has 0 aliphatic heterocycles. The topological polar surface area (TPSA) is 93.2 Å². The van der Waals surface area contributed by atoms with Gasteiger partial charge in [-0.2, -0.15) is 5.10 Å². The van der Waals surface area contributed by atoms with Gasteiger partial charge in [0.1, 0.15) is 5.69 Å². The van der Waals surface area contributed by atoms with Crippen LogP contribution in [0.4, 0.5) is 5.69 Å². The summed E-state index contributed by atoms with van der Waals surface area (Å²) in [6, 6.07) is 0. The first kappa shape index (κ1) is 14.5. The van der Waals surface area contributed by atoms with Crippen LogP contribution >= 0.6 is 0 Å². The fourth-order valence-corrected chi connectivity index (χ4v) is 1.58. The summed E-state index contributed by atoms with van der Waals surface area (Å²) in [5.74, 6) is -0.199. The minimum absolute atomic E-state index is 0.0977. The number of nitrogens with one attached hydrogen (secondary N) is 1. The van der Waals surface area contributed by atoms with Gasteiger partial charge in [0, 0.05) is 13.1 Å². The molecule has 0 bridgehead atoms. The Hall–Kier alpha value is -1.56. The Morgan fingerprint density at radius 2 is 2.17 bits per heavy atom. The highest BCUT2D eigenvalue weighted by Gasteiger charge is 2.20. The summed E-state index contributed by atoms with van der Waals surface area (Å²) in [4.78, 5) is 12.0. The van der Waals surface area contributed by atoms with E-state index >= 15 is 0 Å². The summed E-state index contributed by atoms with van der Waals surface area (Å²) in [5.41, 5.74) is 7.25. The van der Waals surface area contributed by atoms with E-state index in [1.165, 1.54) is 0 Å². The summed E-state index contributed by atoms with van der Waals surface area (Å²) < 4.78 is 1.57. The van der Waals surface area contributed by atoms with Crippen LogP contribution in [-0.4, -0.2) is 33.4 Å². The molecule has 0 radical (unpaired) electrons. The molecule has 6 heteroatoms. The molecule has 0 aliphatic carbocycles. The van der Waals surface area contributed by atoms with E-state index in [0.29, 0.717) is 23.6 Å². The molecule has 0 aromatic carbocycles. The van der Waals surface area contributed by atoms with Gasteiger partial charge < -0.3 is 16.2 Å². The molecule has 1 rings (SSSR count). The maximum atomic E-state index is 12.0. The zero-order chi connectivity index (χ0) is 13.9. The van der Waals surface area contributed by atoms with E-state index in [1.54, 1.807) is 11.6 Å². The summed E-state index contributed by atoms with van der Waals surface area (Å²) >= 11 is 0. The fraction of sp³-hybridized carbons (Fsp3) is 0.667. The fourth-order valence-electron chi connectivity index (χ4n) is 1.58. The Morgan fingerprint density at radius 3 is 2.67 bits per heavy atom. The molecule has 102 valence electrons. The first-order valence-electron chi connectivity index (χ1n) is 6.17. The second-order valence-corrected chi connectivity index (χ2v) is 4.68. The average Bonchev–Trinajstić information content (AvgIpc) is 2.61. The smallest absolute Gasteiger partial charge is 0.271 e. The first-order chi connectivity index (χ1) is 8.38. The highest BCUT2D eigenvalue weighted by Crippen LogP contribution is 2.16. The van der Waals surface area contributed by atoms with Crippen LogP contribution in [-0.2, 0) is 6.54 Å². The van der Waals surface area contributed by atoms with Gasteiger partial charge in [-0.1, -0.05) is 13.8 Å². The van der Waals surface area contributed by atoms with E-state index in [0.717, 1.165) is 0 Å². The number of carbonyl (C=O) groups excluding carboxylic acids is 1. The molecule has 4 N–H and O–H groups in total. The molecule has 1 heterocycles. The van der Waals surface area contributed by atoms with Crippen molar-refractivity contribution < 1.29 is 9.90 Å². The molecule has 1 atom stereocenters. The Bertz CT molecular complexity index is 426. The Kier molecular flexibility index (Phi) is 4.72. The normalized spacial score (nSPS) is 12.8. The number of hydrogen-bond acceptors (Lipinski definition) is 4. The standard InChI is InChI=1S/C12H22N4O2/c1-5-16-11(10(13)8(4)15-16)12(18)14-6-9(17)7(2)3/h7,9,17H,5-6,13H2,1-4H3,(H,14,18). The van der Waals surface area contributed by atoms with Crippen molar-refractivity contribution in [2.75, 3.05) is 12.3 Å². The average molecular weight is 254 g/mol. The zero-order valence-electron chi connectivity index (χ0n) is 11.4. The molecule has 0 saturated carbocycles. The number of nitrogens with zero attached hydrogens (tertiary/aromatic N) is 2. The maximum Gasteiger partial charge on any atom is 0.271 e. The van der Waals surface area contributed by atoms with Crippen LogP contribution in [0.3, 0.4) is 0 Å². The van der Waals surface area contributed by atoms with Gasteiger partial charge in [-0.05, 0) is 19.8 Å². The Balaban J connectivity index is 2.78. The number of hydrogen-bond donors (Lipinski definition) is 3. The molecule has 1 aromatic rings. The number of aryl methyl sites for hydroxylation is 2. The van der Waals surface area contributed by atoms with E-state index < -0.39 is 6.10 Å². The highest BCUT2D eigenvalue weighted by molar-refractivity contribution is 5.97. The maximum absolute atomic E-state index is 12.0. The largest absolute Gasteiger partial charge is 0.395 e. The lowest BCUT2D eigenvalue weighted by Gasteiger charge is -2.15. The number of aromatic nitrogens is 2. The van der Waals surface area contributed by atoms with Crippen LogP contribution < -0.4 is 11.1 Å². The molecule has 0 fully saturated rings. The van der Waals surface area contributed by atoms with Gasteiger partial charge in [0.2, 0.25) is 0 Å². The number of carbonyl (C=O) groups is 1. The van der Waals surface area contributed by atoms with Gasteiger partial charge in [0.05, 0.1) is 17.5 Å². The van der Waals surface area contributed by atoms with Gasteiger partial charge in [-0.3, -0.25) is 9.48 Å². The van der Waals surface area contributed by atoms with Crippen LogP contribution in [0.25, 0.3) is 0 Å². The monoisotopic (exact) mass is 254 g/mol. The van der Waals surface area contributed by atoms with Crippen molar-refractivity contribution in [3.8, 4) is 0 Å². The lowest BCUT2D eigenvalue weighted by molar-refractivity contribution is 0.0863. The second-order valence-electron chi connectivity index (χ2n) is 4.68. The van der Waals surface area contributed by atoms with E-state index in [4.69, 9.17) is 5.73 Å². The lowest BCUT2D eigenvalue weighted by Crippen LogP contribution is -2.36. The number of nitrogens with two attached hydrogens (primary N) is 1. The van der Waals surface area contributed by atoms with Crippen molar-refractivity contribution in [2.45, 2.75) is 40.3 Å². The van der Waals surface area contributed by atoms with E-state index in [9.17, 15) is 9.90 Å². The molecule has 18 heavy (non-hydrogen) atoms. The van der Waals surface area contributed by atoms with Crippen molar-refractivity contribution in [1.82, 2.24) is 15.1 Å². The van der Waals surface area contributed by atoms with E-state index in [2.05, 4.69) is 10.4 Å². The third kappa shape index (κ3) is 3.01. The minimum Gasteiger partial charge on any atom is -0.395 e. The predicted octanol–water partition coefficient (Wildman–Crippen LogP) is 0.540. The number of amides is 1. The van der Waals surface area contributed by atoms with Gasteiger partial charge in [-0.25, -0.2) is 0 Å². The van der Waals surface area contributed by atoms with Crippen LogP contribution in [0.2, 0.25) is 0 Å². The Morgan fingerprint density at radius 1 is 1.56 bits per heavy atom.